The molecule has 5 heterocycles. The minimum atomic E-state index is -3.50. The van der Waals surface area contributed by atoms with Gasteiger partial charge in [0, 0.05) is 44.6 Å². The van der Waals surface area contributed by atoms with Gasteiger partial charge in [0.1, 0.15) is 12.1 Å². The van der Waals surface area contributed by atoms with Crippen molar-refractivity contribution >= 4 is 15.8 Å². The number of H-pyrrole nitrogens is 1. The Morgan fingerprint density at radius 3 is 2.52 bits per heavy atom. The number of hydrogen-bond donors (Lipinski definition) is 1. The molecule has 3 aromatic rings. The fourth-order valence-corrected chi connectivity index (χ4v) is 5.35. The lowest BCUT2D eigenvalue weighted by atomic mass is 10.0. The fourth-order valence-electron chi connectivity index (χ4n) is 3.90. The number of aromatic nitrogens is 6. The first-order valence-electron chi connectivity index (χ1n) is 8.67. The van der Waals surface area contributed by atoms with Gasteiger partial charge in [-0.1, -0.05) is 0 Å². The molecule has 140 valence electrons. The van der Waals surface area contributed by atoms with Crippen LogP contribution in [0.5, 0.6) is 0 Å². The lowest BCUT2D eigenvalue weighted by Gasteiger charge is -2.22. The standard InChI is InChI=1S/C16H18N8O2S/c25-27(26,16-5-17-10-20-16)23-8-12-6-22(7-13(12)9-23)14-4-15(19-11-18-14)24-3-1-2-21-24/h1-5,10-13H,6-9H2,(H,17,20). The molecule has 27 heavy (non-hydrogen) atoms. The van der Waals surface area contributed by atoms with Crippen LogP contribution in [0, 0.1) is 11.8 Å². The van der Waals surface area contributed by atoms with Crippen LogP contribution in [0.15, 0.2) is 48.4 Å². The highest BCUT2D eigenvalue weighted by molar-refractivity contribution is 7.89. The number of hydrogen-bond acceptors (Lipinski definition) is 7. The van der Waals surface area contributed by atoms with Crippen LogP contribution in [0.2, 0.25) is 0 Å². The van der Waals surface area contributed by atoms with Crippen LogP contribution in [0.1, 0.15) is 0 Å². The van der Waals surface area contributed by atoms with E-state index in [1.807, 2.05) is 18.3 Å². The van der Waals surface area contributed by atoms with Crippen LogP contribution < -0.4 is 4.90 Å². The minimum absolute atomic E-state index is 0.152. The lowest BCUT2D eigenvalue weighted by Crippen LogP contribution is -2.33. The van der Waals surface area contributed by atoms with Crippen LogP contribution >= 0.6 is 0 Å². The normalized spacial score (nSPS) is 23.0. The second-order valence-corrected chi connectivity index (χ2v) is 8.75. The Morgan fingerprint density at radius 2 is 1.85 bits per heavy atom. The van der Waals surface area contributed by atoms with E-state index < -0.39 is 10.0 Å². The number of imidazole rings is 1. The fraction of sp³-hybridized carbons (Fsp3) is 0.375. The van der Waals surface area contributed by atoms with Gasteiger partial charge in [-0.15, -0.1) is 0 Å². The van der Waals surface area contributed by atoms with Gasteiger partial charge in [-0.2, -0.15) is 9.40 Å². The average Bonchev–Trinajstić information content (AvgIpc) is 3.46. The molecule has 0 aliphatic carbocycles. The van der Waals surface area contributed by atoms with Crippen LogP contribution in [-0.2, 0) is 10.0 Å². The minimum Gasteiger partial charge on any atom is -0.356 e. The largest absolute Gasteiger partial charge is 0.356 e. The highest BCUT2D eigenvalue weighted by Crippen LogP contribution is 2.35. The van der Waals surface area contributed by atoms with E-state index in [9.17, 15) is 8.42 Å². The Labute approximate surface area is 155 Å². The van der Waals surface area contributed by atoms with E-state index in [0.717, 1.165) is 18.9 Å². The summed E-state index contributed by atoms with van der Waals surface area (Å²) < 4.78 is 28.6. The van der Waals surface area contributed by atoms with Gasteiger partial charge < -0.3 is 9.88 Å². The summed E-state index contributed by atoms with van der Waals surface area (Å²) in [5, 5.41) is 4.35. The molecular weight excluding hydrogens is 368 g/mol. The second-order valence-electron chi connectivity index (χ2n) is 6.85. The summed E-state index contributed by atoms with van der Waals surface area (Å²) in [4.78, 5) is 17.4. The molecule has 5 rings (SSSR count). The highest BCUT2D eigenvalue weighted by atomic mass is 32.2. The maximum atomic E-state index is 12.7. The van der Waals surface area contributed by atoms with Crippen molar-refractivity contribution in [2.45, 2.75) is 5.03 Å². The maximum absolute atomic E-state index is 12.7. The molecule has 0 saturated carbocycles. The summed E-state index contributed by atoms with van der Waals surface area (Å²) in [6.45, 7) is 2.57. The Balaban J connectivity index is 1.31. The van der Waals surface area contributed by atoms with Crippen LogP contribution in [-0.4, -0.2) is 68.6 Å². The smallest absolute Gasteiger partial charge is 0.260 e. The van der Waals surface area contributed by atoms with Crippen LogP contribution in [0.4, 0.5) is 5.82 Å². The van der Waals surface area contributed by atoms with Gasteiger partial charge in [0.15, 0.2) is 10.8 Å². The number of nitrogens with zero attached hydrogens (tertiary/aromatic N) is 7. The van der Waals surface area contributed by atoms with Crippen molar-refractivity contribution in [3.05, 3.63) is 43.4 Å². The molecule has 1 N–H and O–H groups in total. The van der Waals surface area contributed by atoms with Gasteiger partial charge >= 0.3 is 0 Å². The molecule has 2 fully saturated rings. The Morgan fingerprint density at radius 1 is 1.07 bits per heavy atom. The molecule has 0 bridgehead atoms. The average molecular weight is 386 g/mol. The van der Waals surface area contributed by atoms with E-state index >= 15 is 0 Å². The first kappa shape index (κ1) is 16.4. The number of rotatable bonds is 4. The van der Waals surface area contributed by atoms with Crippen molar-refractivity contribution in [3.63, 3.8) is 0 Å². The summed E-state index contributed by atoms with van der Waals surface area (Å²) in [5.74, 6) is 2.12. The molecule has 3 aromatic heterocycles. The van der Waals surface area contributed by atoms with Crippen molar-refractivity contribution < 1.29 is 8.42 Å². The van der Waals surface area contributed by atoms with E-state index in [0.29, 0.717) is 18.9 Å². The third-order valence-corrected chi connectivity index (χ3v) is 7.00. The van der Waals surface area contributed by atoms with Gasteiger partial charge in [0.2, 0.25) is 0 Å². The number of aromatic amines is 1. The van der Waals surface area contributed by atoms with E-state index in [2.05, 4.69) is 29.9 Å². The molecule has 2 aliphatic rings. The summed E-state index contributed by atoms with van der Waals surface area (Å²) in [6.07, 6.45) is 7.82. The number of nitrogens with one attached hydrogen (secondary N) is 1. The summed E-state index contributed by atoms with van der Waals surface area (Å²) >= 11 is 0. The van der Waals surface area contributed by atoms with Gasteiger partial charge in [-0.3, -0.25) is 0 Å². The number of sulfonamides is 1. The molecule has 2 unspecified atom stereocenters. The monoisotopic (exact) mass is 386 g/mol. The number of anilines is 1. The molecule has 2 atom stereocenters. The quantitative estimate of drug-likeness (QED) is 0.679. The summed E-state index contributed by atoms with van der Waals surface area (Å²) in [5.41, 5.74) is 0. The van der Waals surface area contributed by atoms with E-state index in [-0.39, 0.29) is 16.9 Å². The molecule has 2 aliphatic heterocycles. The first-order valence-corrected chi connectivity index (χ1v) is 10.1. The van der Waals surface area contributed by atoms with Crippen LogP contribution in [0.3, 0.4) is 0 Å². The zero-order valence-corrected chi connectivity index (χ0v) is 15.2. The molecule has 0 spiro atoms. The topological polar surface area (TPSA) is 113 Å². The van der Waals surface area contributed by atoms with Gasteiger partial charge in [-0.05, 0) is 17.9 Å². The lowest BCUT2D eigenvalue weighted by molar-refractivity contribution is 0.451. The van der Waals surface area contributed by atoms with Gasteiger partial charge in [-0.25, -0.2) is 28.1 Å². The van der Waals surface area contributed by atoms with Gasteiger partial charge in [0.25, 0.3) is 10.0 Å². The maximum Gasteiger partial charge on any atom is 0.260 e. The predicted octanol–water partition coefficient (Wildman–Crippen LogP) is 0.142. The Hall–Kier alpha value is -2.79. The van der Waals surface area contributed by atoms with Gasteiger partial charge in [0.05, 0.1) is 12.5 Å². The molecular formula is C16H18N8O2S. The van der Waals surface area contributed by atoms with Crippen molar-refractivity contribution in [3.8, 4) is 5.82 Å². The summed E-state index contributed by atoms with van der Waals surface area (Å²) in [7, 11) is -3.50. The van der Waals surface area contributed by atoms with Crippen molar-refractivity contribution in [1.29, 1.82) is 0 Å². The Bertz CT molecular complexity index is 1020. The molecule has 11 heteroatoms. The van der Waals surface area contributed by atoms with E-state index in [4.69, 9.17) is 0 Å². The van der Waals surface area contributed by atoms with E-state index in [1.54, 1.807) is 15.2 Å². The van der Waals surface area contributed by atoms with E-state index in [1.165, 1.54) is 18.9 Å². The molecule has 0 aromatic carbocycles. The second kappa shape index (κ2) is 6.13. The first-order chi connectivity index (χ1) is 13.1. The Kier molecular flexibility index (Phi) is 3.72. The zero-order valence-electron chi connectivity index (χ0n) is 14.4. The number of fused-ring (bicyclic) bond motifs is 1. The van der Waals surface area contributed by atoms with Crippen molar-refractivity contribution in [2.24, 2.45) is 11.8 Å². The highest BCUT2D eigenvalue weighted by Gasteiger charge is 2.45. The molecule has 2 saturated heterocycles. The van der Waals surface area contributed by atoms with Crippen molar-refractivity contribution in [1.82, 2.24) is 34.0 Å². The SMILES string of the molecule is O=S(=O)(c1cnc[nH]1)N1CC2CN(c3cc(-n4cccn4)ncn3)CC2C1. The van der Waals surface area contributed by atoms with Crippen molar-refractivity contribution in [2.75, 3.05) is 31.1 Å². The zero-order chi connectivity index (χ0) is 18.4. The molecule has 0 amide bonds. The predicted molar refractivity (Wildman–Crippen MR) is 95.7 cm³/mol. The third kappa shape index (κ3) is 2.79. The summed E-state index contributed by atoms with van der Waals surface area (Å²) in [6, 6.07) is 3.75. The third-order valence-electron chi connectivity index (χ3n) is 5.25. The van der Waals surface area contributed by atoms with Crippen LogP contribution in [0.25, 0.3) is 5.82 Å². The molecule has 0 radical (unpaired) electrons. The molecule has 10 nitrogen and oxygen atoms in total.